The maximum Gasteiger partial charge on any atom is 0.220 e. The first-order valence-corrected chi connectivity index (χ1v) is 6.07. The van der Waals surface area contributed by atoms with Crippen molar-refractivity contribution < 1.29 is 9.59 Å². The molecule has 0 aromatic rings. The van der Waals surface area contributed by atoms with Gasteiger partial charge < -0.3 is 5.32 Å². The summed E-state index contributed by atoms with van der Waals surface area (Å²) in [6.07, 6.45) is 4.19. The van der Waals surface area contributed by atoms with Gasteiger partial charge in [-0.25, -0.2) is 0 Å². The van der Waals surface area contributed by atoms with Crippen LogP contribution in [0.4, 0.5) is 0 Å². The molecule has 96 valence electrons. The van der Waals surface area contributed by atoms with Gasteiger partial charge in [0.25, 0.3) is 0 Å². The van der Waals surface area contributed by atoms with Crippen molar-refractivity contribution in [2.45, 2.75) is 40.0 Å². The van der Waals surface area contributed by atoms with E-state index in [1.54, 1.807) is 0 Å². The van der Waals surface area contributed by atoms with E-state index >= 15 is 0 Å². The number of rotatable bonds is 8. The Morgan fingerprint density at radius 3 is 2.53 bits per heavy atom. The van der Waals surface area contributed by atoms with Gasteiger partial charge in [-0.15, -0.1) is 5.73 Å². The van der Waals surface area contributed by atoms with Crippen molar-refractivity contribution >= 4 is 11.7 Å². The minimum Gasteiger partial charge on any atom is -0.349 e. The molecular weight excluding hydrogens is 214 g/mol. The summed E-state index contributed by atoms with van der Waals surface area (Å²) >= 11 is 0. The van der Waals surface area contributed by atoms with Crippen molar-refractivity contribution in [3.8, 4) is 0 Å². The van der Waals surface area contributed by atoms with Crippen molar-refractivity contribution in [1.82, 2.24) is 5.32 Å². The van der Waals surface area contributed by atoms with Crippen molar-refractivity contribution in [3.05, 3.63) is 18.4 Å². The highest BCUT2D eigenvalue weighted by Gasteiger charge is 2.10. The predicted molar refractivity (Wildman–Crippen MR) is 69.6 cm³/mol. The molecule has 0 aliphatic carbocycles. The highest BCUT2D eigenvalue weighted by molar-refractivity contribution is 5.84. The molecule has 0 spiro atoms. The first-order chi connectivity index (χ1) is 7.95. The molecule has 1 unspecified atom stereocenters. The van der Waals surface area contributed by atoms with Crippen molar-refractivity contribution in [1.29, 1.82) is 0 Å². The topological polar surface area (TPSA) is 46.2 Å². The molecule has 1 amide bonds. The van der Waals surface area contributed by atoms with Crippen LogP contribution in [-0.2, 0) is 9.59 Å². The third kappa shape index (κ3) is 9.58. The van der Waals surface area contributed by atoms with Gasteiger partial charge >= 0.3 is 0 Å². The third-order valence-corrected chi connectivity index (χ3v) is 2.40. The SMILES string of the molecule is C=C=CC(CCC(=O)NCC(C)=O)CC(C)C. The molecule has 0 radical (unpaired) electrons. The van der Waals surface area contributed by atoms with Crippen molar-refractivity contribution in [2.75, 3.05) is 6.54 Å². The van der Waals surface area contributed by atoms with Crippen LogP contribution in [0.3, 0.4) is 0 Å². The standard InChI is InChI=1S/C14H23NO2/c1-5-6-13(9-11(2)3)7-8-14(17)15-10-12(4)16/h6,11,13H,1,7-10H2,2-4H3,(H,15,17). The molecule has 3 nitrogen and oxygen atoms in total. The molecule has 17 heavy (non-hydrogen) atoms. The van der Waals surface area contributed by atoms with Crippen LogP contribution in [0, 0.1) is 11.8 Å². The summed E-state index contributed by atoms with van der Waals surface area (Å²) in [5.74, 6) is 0.843. The van der Waals surface area contributed by atoms with E-state index in [1.807, 2.05) is 6.08 Å². The number of allylic oxidation sites excluding steroid dienone is 1. The van der Waals surface area contributed by atoms with Crippen LogP contribution in [0.15, 0.2) is 18.4 Å². The number of Topliss-reactive ketones (excluding diaryl/α,β-unsaturated/α-hetero) is 1. The first kappa shape index (κ1) is 15.7. The number of carbonyl (C=O) groups is 2. The van der Waals surface area contributed by atoms with E-state index < -0.39 is 0 Å². The number of hydrogen-bond donors (Lipinski definition) is 1. The average Bonchev–Trinajstić information content (AvgIpc) is 2.22. The van der Waals surface area contributed by atoms with Gasteiger partial charge in [0.05, 0.1) is 6.54 Å². The molecule has 0 saturated heterocycles. The van der Waals surface area contributed by atoms with Crippen molar-refractivity contribution in [3.63, 3.8) is 0 Å². The summed E-state index contributed by atoms with van der Waals surface area (Å²) in [7, 11) is 0. The predicted octanol–water partition coefficient (Wildman–Crippen LogP) is 2.48. The molecule has 0 rings (SSSR count). The number of hydrogen-bond acceptors (Lipinski definition) is 2. The maximum absolute atomic E-state index is 11.4. The lowest BCUT2D eigenvalue weighted by Gasteiger charge is -2.14. The molecule has 0 heterocycles. The van der Waals surface area contributed by atoms with Crippen molar-refractivity contribution in [2.24, 2.45) is 11.8 Å². The normalized spacial score (nSPS) is 11.8. The van der Waals surface area contributed by atoms with E-state index in [-0.39, 0.29) is 18.2 Å². The minimum atomic E-state index is -0.0635. The Morgan fingerprint density at radius 2 is 2.06 bits per heavy atom. The second-order valence-electron chi connectivity index (χ2n) is 4.78. The number of amides is 1. The fraction of sp³-hybridized carbons (Fsp3) is 0.643. The minimum absolute atomic E-state index is 0.0249. The van der Waals surface area contributed by atoms with E-state index in [1.165, 1.54) is 6.92 Å². The maximum atomic E-state index is 11.4. The quantitative estimate of drug-likeness (QED) is 0.659. The van der Waals surface area contributed by atoms with E-state index in [0.29, 0.717) is 18.3 Å². The lowest BCUT2D eigenvalue weighted by Crippen LogP contribution is -2.28. The Hall–Kier alpha value is -1.34. The lowest BCUT2D eigenvalue weighted by atomic mass is 9.93. The number of nitrogens with one attached hydrogen (secondary N) is 1. The summed E-state index contributed by atoms with van der Waals surface area (Å²) in [5.41, 5.74) is 2.79. The van der Waals surface area contributed by atoms with Gasteiger partial charge in [-0.1, -0.05) is 20.4 Å². The fourth-order valence-corrected chi connectivity index (χ4v) is 1.67. The molecule has 0 fully saturated rings. The zero-order valence-corrected chi connectivity index (χ0v) is 11.1. The van der Waals surface area contributed by atoms with Crippen LogP contribution in [0.2, 0.25) is 0 Å². The monoisotopic (exact) mass is 237 g/mol. The molecule has 0 saturated carbocycles. The molecule has 0 aromatic heterocycles. The van der Waals surface area contributed by atoms with Crippen LogP contribution in [-0.4, -0.2) is 18.2 Å². The molecule has 0 bridgehead atoms. The van der Waals surface area contributed by atoms with Crippen LogP contribution in [0.5, 0.6) is 0 Å². The molecule has 3 heteroatoms. The smallest absolute Gasteiger partial charge is 0.220 e. The van der Waals surface area contributed by atoms with E-state index in [4.69, 9.17) is 0 Å². The van der Waals surface area contributed by atoms with Gasteiger partial charge in [-0.2, -0.15) is 0 Å². The molecule has 1 N–H and O–H groups in total. The first-order valence-electron chi connectivity index (χ1n) is 6.07. The van der Waals surface area contributed by atoms with Crippen LogP contribution in [0.25, 0.3) is 0 Å². The summed E-state index contributed by atoms with van der Waals surface area (Å²) in [4.78, 5) is 22.1. The van der Waals surface area contributed by atoms with Crippen LogP contribution in [0.1, 0.15) is 40.0 Å². The van der Waals surface area contributed by atoms with Gasteiger partial charge in [-0.3, -0.25) is 9.59 Å². The fourth-order valence-electron chi connectivity index (χ4n) is 1.67. The van der Waals surface area contributed by atoms with Crippen LogP contribution < -0.4 is 5.32 Å². The highest BCUT2D eigenvalue weighted by atomic mass is 16.2. The van der Waals surface area contributed by atoms with Gasteiger partial charge in [-0.05, 0) is 37.7 Å². The molecule has 1 atom stereocenters. The Bertz CT molecular complexity index is 301. The Morgan fingerprint density at radius 1 is 1.41 bits per heavy atom. The summed E-state index contributed by atoms with van der Waals surface area (Å²) in [6.45, 7) is 9.46. The van der Waals surface area contributed by atoms with E-state index in [2.05, 4.69) is 31.5 Å². The zero-order valence-electron chi connectivity index (χ0n) is 11.1. The second kappa shape index (κ2) is 8.77. The third-order valence-electron chi connectivity index (χ3n) is 2.40. The van der Waals surface area contributed by atoms with Crippen LogP contribution >= 0.6 is 0 Å². The van der Waals surface area contributed by atoms with E-state index in [0.717, 1.165) is 12.8 Å². The highest BCUT2D eigenvalue weighted by Crippen LogP contribution is 2.18. The van der Waals surface area contributed by atoms with Gasteiger partial charge in [0.1, 0.15) is 5.78 Å². The number of carbonyl (C=O) groups excluding carboxylic acids is 2. The summed E-state index contributed by atoms with van der Waals surface area (Å²) < 4.78 is 0. The summed E-state index contributed by atoms with van der Waals surface area (Å²) in [5, 5.41) is 2.59. The lowest BCUT2D eigenvalue weighted by molar-refractivity contribution is -0.124. The molecule has 0 aliphatic rings. The summed E-state index contributed by atoms with van der Waals surface area (Å²) in [6, 6.07) is 0. The molecule has 0 aromatic carbocycles. The van der Waals surface area contributed by atoms with Gasteiger partial charge in [0, 0.05) is 6.42 Å². The largest absolute Gasteiger partial charge is 0.349 e. The Balaban J connectivity index is 3.99. The average molecular weight is 237 g/mol. The molecular formula is C14H23NO2. The Kier molecular flexibility index (Phi) is 8.08. The van der Waals surface area contributed by atoms with Gasteiger partial charge in [0.2, 0.25) is 5.91 Å². The second-order valence-corrected chi connectivity index (χ2v) is 4.78. The number of ketones is 1. The zero-order chi connectivity index (χ0) is 13.3. The van der Waals surface area contributed by atoms with E-state index in [9.17, 15) is 9.59 Å². The van der Waals surface area contributed by atoms with Gasteiger partial charge in [0.15, 0.2) is 0 Å². The Labute approximate surface area is 104 Å². The molecule has 0 aliphatic heterocycles.